The van der Waals surface area contributed by atoms with E-state index in [-0.39, 0.29) is 0 Å². The molecular weight excluding hydrogens is 300 g/mol. The van der Waals surface area contributed by atoms with Gasteiger partial charge in [-0.15, -0.1) is 0 Å². The van der Waals surface area contributed by atoms with Crippen molar-refractivity contribution in [3.8, 4) is 0 Å². The molecule has 0 aromatic heterocycles. The SMILES string of the molecule is COCC(=[C]=[Ru]([Cl])[Cl])[Si](C)(C)C. The van der Waals surface area contributed by atoms with Crippen LogP contribution in [-0.2, 0) is 18.3 Å². The molecule has 0 aliphatic carbocycles. The Balaban J connectivity index is 4.81. The fraction of sp³-hybridized carbons (Fsp3) is 0.714. The molecule has 0 heterocycles. The molecule has 0 saturated carbocycles. The zero-order valence-corrected chi connectivity index (χ0v) is 12.0. The van der Waals surface area contributed by atoms with Crippen LogP contribution in [0.1, 0.15) is 0 Å². The first-order chi connectivity index (χ1) is 5.38. The Morgan fingerprint density at radius 2 is 1.92 bits per heavy atom. The van der Waals surface area contributed by atoms with Gasteiger partial charge >= 0.3 is 88.5 Å². The third-order valence-corrected chi connectivity index (χ3v) is 5.49. The number of hydrogen-bond donors (Lipinski definition) is 0. The van der Waals surface area contributed by atoms with Crippen LogP contribution in [0, 0.1) is 0 Å². The molecule has 0 amide bonds. The molecule has 0 atom stereocenters. The summed E-state index contributed by atoms with van der Waals surface area (Å²) >= 11 is -1.79. The predicted molar refractivity (Wildman–Crippen MR) is 55.4 cm³/mol. The molecule has 0 aliphatic rings. The first kappa shape index (κ1) is 13.0. The van der Waals surface area contributed by atoms with Crippen molar-refractivity contribution in [2.45, 2.75) is 19.6 Å². The zero-order chi connectivity index (χ0) is 9.78. The molecule has 0 radical (unpaired) electrons. The van der Waals surface area contributed by atoms with Crippen molar-refractivity contribution >= 4 is 31.7 Å². The van der Waals surface area contributed by atoms with Crippen LogP contribution >= 0.6 is 19.4 Å². The Morgan fingerprint density at radius 1 is 1.42 bits per heavy atom. The van der Waals surface area contributed by atoms with E-state index in [9.17, 15) is 0 Å². The molecule has 12 heavy (non-hydrogen) atoms. The third-order valence-electron chi connectivity index (χ3n) is 1.37. The summed E-state index contributed by atoms with van der Waals surface area (Å²) in [7, 11) is 11.9. The van der Waals surface area contributed by atoms with Crippen LogP contribution in [0.25, 0.3) is 0 Å². The second-order valence-electron chi connectivity index (χ2n) is 3.43. The maximum atomic E-state index is 5.76. The van der Waals surface area contributed by atoms with Crippen LogP contribution in [0.15, 0.2) is 5.20 Å². The fourth-order valence-corrected chi connectivity index (χ4v) is 6.06. The minimum absolute atomic E-state index is 0.625. The quantitative estimate of drug-likeness (QED) is 0.728. The minimum atomic E-state index is -1.79. The number of ether oxygens (including phenoxy) is 1. The molecule has 74 valence electrons. The molecular formula is C7H14Cl2ORuSi. The van der Waals surface area contributed by atoms with E-state index >= 15 is 0 Å². The Bertz CT molecular complexity index is 212. The Morgan fingerprint density at radius 3 is 2.17 bits per heavy atom. The van der Waals surface area contributed by atoms with Crippen molar-refractivity contribution < 1.29 is 18.3 Å². The van der Waals surface area contributed by atoms with E-state index in [1.807, 2.05) is 0 Å². The summed E-state index contributed by atoms with van der Waals surface area (Å²) in [5.41, 5.74) is 0. The van der Waals surface area contributed by atoms with Gasteiger partial charge in [0.2, 0.25) is 0 Å². The van der Waals surface area contributed by atoms with Gasteiger partial charge in [-0.2, -0.15) is 0 Å². The first-order valence-corrected chi connectivity index (χ1v) is 12.3. The van der Waals surface area contributed by atoms with E-state index in [0.29, 0.717) is 6.61 Å². The van der Waals surface area contributed by atoms with Crippen molar-refractivity contribution in [3.63, 3.8) is 0 Å². The van der Waals surface area contributed by atoms with Crippen LogP contribution in [0.4, 0.5) is 0 Å². The summed E-state index contributed by atoms with van der Waals surface area (Å²) in [6.45, 7) is 7.33. The maximum absolute atomic E-state index is 5.76. The molecule has 0 aromatic carbocycles. The van der Waals surface area contributed by atoms with Crippen molar-refractivity contribution in [3.05, 3.63) is 5.20 Å². The molecule has 0 aromatic rings. The summed E-state index contributed by atoms with van der Waals surface area (Å²) in [6, 6.07) is 0. The Hall–Kier alpha value is 1.03. The van der Waals surface area contributed by atoms with Crippen molar-refractivity contribution in [2.24, 2.45) is 0 Å². The summed E-state index contributed by atoms with van der Waals surface area (Å²) in [4.78, 5) is 0. The van der Waals surface area contributed by atoms with E-state index in [1.54, 1.807) is 7.11 Å². The summed E-state index contributed by atoms with van der Waals surface area (Å²) in [5.74, 6) is 0. The second kappa shape index (κ2) is 5.70. The van der Waals surface area contributed by atoms with E-state index in [0.717, 1.165) is 0 Å². The molecule has 0 unspecified atom stereocenters. The van der Waals surface area contributed by atoms with Gasteiger partial charge in [0.05, 0.1) is 0 Å². The third kappa shape index (κ3) is 5.64. The summed E-state index contributed by atoms with van der Waals surface area (Å²) in [5, 5.41) is 1.20. The van der Waals surface area contributed by atoms with Gasteiger partial charge in [0.15, 0.2) is 0 Å². The van der Waals surface area contributed by atoms with Gasteiger partial charge in [-0.3, -0.25) is 0 Å². The normalized spacial score (nSPS) is 12.3. The van der Waals surface area contributed by atoms with Gasteiger partial charge in [-0.05, 0) is 0 Å². The van der Waals surface area contributed by atoms with Crippen LogP contribution < -0.4 is 0 Å². The Labute approximate surface area is 88.2 Å². The average Bonchev–Trinajstić information content (AvgIpc) is 1.83. The molecule has 0 rings (SSSR count). The van der Waals surface area contributed by atoms with E-state index in [1.165, 1.54) is 5.20 Å². The van der Waals surface area contributed by atoms with Gasteiger partial charge in [-0.25, -0.2) is 0 Å². The monoisotopic (exact) mass is 314 g/mol. The summed E-state index contributed by atoms with van der Waals surface area (Å²) < 4.78 is 8.22. The van der Waals surface area contributed by atoms with Gasteiger partial charge in [0, 0.05) is 0 Å². The molecule has 5 heteroatoms. The van der Waals surface area contributed by atoms with Crippen LogP contribution in [0.5, 0.6) is 0 Å². The standard InChI is InChI=1S/C7H14OSi.2ClH.Ru/c1-7(6-8-2)9(3,4)5;;;/h6H2,2-5H3;2*1H;/q;;;+2/p-2. The van der Waals surface area contributed by atoms with Crippen molar-refractivity contribution in [1.82, 2.24) is 0 Å². The molecule has 0 bridgehead atoms. The van der Waals surface area contributed by atoms with Crippen molar-refractivity contribution in [2.75, 3.05) is 13.7 Å². The van der Waals surface area contributed by atoms with Gasteiger partial charge < -0.3 is 0 Å². The predicted octanol–water partition coefficient (Wildman–Crippen LogP) is 2.76. The topological polar surface area (TPSA) is 9.23 Å². The number of rotatable bonds is 3. The van der Waals surface area contributed by atoms with Crippen LogP contribution in [0.3, 0.4) is 0 Å². The zero-order valence-electron chi connectivity index (χ0n) is 7.72. The molecule has 1 nitrogen and oxygen atoms in total. The van der Waals surface area contributed by atoms with Crippen molar-refractivity contribution in [1.29, 1.82) is 0 Å². The van der Waals surface area contributed by atoms with E-state index in [2.05, 4.69) is 23.9 Å². The fourth-order valence-electron chi connectivity index (χ4n) is 0.600. The number of hydrogen-bond acceptors (Lipinski definition) is 1. The van der Waals surface area contributed by atoms with E-state index in [4.69, 9.17) is 24.1 Å². The van der Waals surface area contributed by atoms with E-state index < -0.39 is 21.6 Å². The number of methoxy groups -OCH3 is 1. The van der Waals surface area contributed by atoms with Crippen LogP contribution in [-0.4, -0.2) is 26.1 Å². The van der Waals surface area contributed by atoms with Crippen LogP contribution in [0.2, 0.25) is 19.6 Å². The second-order valence-corrected chi connectivity index (χ2v) is 13.8. The molecule has 0 aliphatic heterocycles. The Kier molecular flexibility index (Phi) is 6.18. The van der Waals surface area contributed by atoms with Gasteiger partial charge in [-0.1, -0.05) is 0 Å². The molecule has 0 spiro atoms. The van der Waals surface area contributed by atoms with Gasteiger partial charge in [0.1, 0.15) is 0 Å². The average molecular weight is 314 g/mol. The molecule has 0 fully saturated rings. The summed E-state index contributed by atoms with van der Waals surface area (Å²) in [6.07, 6.45) is 0. The molecule has 0 N–H and O–H groups in total. The van der Waals surface area contributed by atoms with Gasteiger partial charge in [0.25, 0.3) is 0 Å². The number of halogens is 2. The molecule has 0 saturated heterocycles. The first-order valence-electron chi connectivity index (χ1n) is 3.49.